The number of fused-ring (bicyclic) bond motifs is 4. The van der Waals surface area contributed by atoms with Gasteiger partial charge in [-0.1, -0.05) is 12.1 Å². The van der Waals surface area contributed by atoms with E-state index >= 15 is 0 Å². The predicted molar refractivity (Wildman–Crippen MR) is 131 cm³/mol. The number of hydrogen-bond donors (Lipinski definition) is 1. The van der Waals surface area contributed by atoms with Crippen LogP contribution in [-0.2, 0) is 33.8 Å². The summed E-state index contributed by atoms with van der Waals surface area (Å²) >= 11 is 0. The molecule has 4 aliphatic heterocycles. The molecule has 4 heterocycles. The Balaban J connectivity index is 1.08. The number of esters is 2. The van der Waals surface area contributed by atoms with Crippen LogP contribution >= 0.6 is 0 Å². The molecule has 2 aromatic rings. The number of β-amino-alcohol motifs (C(OH)–C–C–N with tert-alkyl or cyclic N) is 1. The summed E-state index contributed by atoms with van der Waals surface area (Å²) in [7, 11) is 0. The van der Waals surface area contributed by atoms with Gasteiger partial charge in [0.15, 0.2) is 0 Å². The average Bonchev–Trinajstić information content (AvgIpc) is 3.38. The van der Waals surface area contributed by atoms with Crippen molar-refractivity contribution in [3.63, 3.8) is 0 Å². The summed E-state index contributed by atoms with van der Waals surface area (Å²) in [6, 6.07) is 7.66. The molecule has 0 radical (unpaired) electrons. The lowest BCUT2D eigenvalue weighted by molar-refractivity contribution is 0.0525. The van der Waals surface area contributed by atoms with Crippen molar-refractivity contribution >= 4 is 11.9 Å². The SMILES string of the molecule is Cc1c([C@@H](O)CN2CCN(CC3COCCc4c3ccc3c4COC3=O)CC2)ccc2c1COC2=O. The maximum absolute atomic E-state index is 12.0. The van der Waals surface area contributed by atoms with Gasteiger partial charge in [-0.3, -0.25) is 4.90 Å². The molecule has 2 aromatic carbocycles. The van der Waals surface area contributed by atoms with E-state index in [1.54, 1.807) is 6.07 Å². The molecule has 36 heavy (non-hydrogen) atoms. The first-order valence-corrected chi connectivity index (χ1v) is 12.8. The predicted octanol–water partition coefficient (Wildman–Crippen LogP) is 2.34. The highest BCUT2D eigenvalue weighted by atomic mass is 16.5. The van der Waals surface area contributed by atoms with Gasteiger partial charge in [-0.05, 0) is 47.7 Å². The van der Waals surface area contributed by atoms with Crippen molar-refractivity contribution in [2.45, 2.75) is 38.6 Å². The van der Waals surface area contributed by atoms with Crippen LogP contribution in [0.3, 0.4) is 0 Å². The maximum Gasteiger partial charge on any atom is 0.338 e. The van der Waals surface area contributed by atoms with Gasteiger partial charge in [-0.2, -0.15) is 0 Å². The standard InChI is InChI=1S/C28H32N2O6/c1-17-19(2-4-22-24(17)15-35-27(22)32)26(31)13-30-9-7-29(8-10-30)12-18-14-34-11-6-21-20(18)3-5-23-25(21)16-36-28(23)33/h2-5,18,26,31H,6-16H2,1H3/t18?,26-/m0/s1. The first-order chi connectivity index (χ1) is 17.5. The van der Waals surface area contributed by atoms with Gasteiger partial charge in [0.2, 0.25) is 0 Å². The lowest BCUT2D eigenvalue weighted by Crippen LogP contribution is -2.48. The van der Waals surface area contributed by atoms with Crippen molar-refractivity contribution in [2.75, 3.05) is 52.5 Å². The Hall–Kier alpha value is -2.78. The second-order valence-corrected chi connectivity index (χ2v) is 10.3. The van der Waals surface area contributed by atoms with Gasteiger partial charge in [0, 0.05) is 56.3 Å². The largest absolute Gasteiger partial charge is 0.457 e. The van der Waals surface area contributed by atoms with Crippen LogP contribution in [0.25, 0.3) is 0 Å². The van der Waals surface area contributed by atoms with Crippen molar-refractivity contribution in [1.82, 2.24) is 9.80 Å². The zero-order valence-electron chi connectivity index (χ0n) is 20.6. The smallest absolute Gasteiger partial charge is 0.338 e. The number of ether oxygens (including phenoxy) is 3. The normalized spacial score (nSPS) is 22.9. The number of piperazine rings is 1. The van der Waals surface area contributed by atoms with Crippen LogP contribution in [0, 0.1) is 6.92 Å². The maximum atomic E-state index is 12.0. The number of aliphatic hydroxyl groups is 1. The van der Waals surface area contributed by atoms with E-state index in [1.807, 2.05) is 19.1 Å². The molecule has 0 aliphatic carbocycles. The van der Waals surface area contributed by atoms with E-state index in [1.165, 1.54) is 11.1 Å². The van der Waals surface area contributed by atoms with Crippen molar-refractivity contribution in [3.05, 3.63) is 68.8 Å². The molecule has 0 spiro atoms. The summed E-state index contributed by atoms with van der Waals surface area (Å²) in [6.45, 7) is 9.08. The van der Waals surface area contributed by atoms with Crippen molar-refractivity contribution < 1.29 is 28.9 Å². The zero-order chi connectivity index (χ0) is 24.8. The highest BCUT2D eigenvalue weighted by Crippen LogP contribution is 2.34. The summed E-state index contributed by atoms with van der Waals surface area (Å²) in [6.07, 6.45) is 0.214. The average molecular weight is 493 g/mol. The first-order valence-electron chi connectivity index (χ1n) is 12.8. The van der Waals surface area contributed by atoms with Crippen LogP contribution in [0.1, 0.15) is 66.1 Å². The summed E-state index contributed by atoms with van der Waals surface area (Å²) in [4.78, 5) is 28.6. The lowest BCUT2D eigenvalue weighted by Gasteiger charge is -2.37. The van der Waals surface area contributed by atoms with Gasteiger partial charge in [0.1, 0.15) is 13.2 Å². The molecule has 190 valence electrons. The molecular formula is C28H32N2O6. The third-order valence-electron chi connectivity index (χ3n) is 8.23. The number of aliphatic hydroxyl groups excluding tert-OH is 1. The highest BCUT2D eigenvalue weighted by Gasteiger charge is 2.31. The van der Waals surface area contributed by atoms with E-state index in [2.05, 4.69) is 15.9 Å². The van der Waals surface area contributed by atoms with E-state index in [0.29, 0.717) is 44.1 Å². The number of rotatable bonds is 5. The molecule has 4 aliphatic rings. The van der Waals surface area contributed by atoms with Crippen LogP contribution in [0.2, 0.25) is 0 Å². The number of carbonyl (C=O) groups is 2. The molecule has 1 fully saturated rings. The number of cyclic esters (lactones) is 2. The third-order valence-corrected chi connectivity index (χ3v) is 8.23. The Morgan fingerprint density at radius 2 is 1.58 bits per heavy atom. The van der Waals surface area contributed by atoms with E-state index in [-0.39, 0.29) is 17.9 Å². The Morgan fingerprint density at radius 1 is 0.917 bits per heavy atom. The Morgan fingerprint density at radius 3 is 2.36 bits per heavy atom. The molecule has 8 nitrogen and oxygen atoms in total. The first kappa shape index (κ1) is 23.6. The van der Waals surface area contributed by atoms with E-state index in [4.69, 9.17) is 14.2 Å². The molecular weight excluding hydrogens is 460 g/mol. The quantitative estimate of drug-likeness (QED) is 0.637. The highest BCUT2D eigenvalue weighted by molar-refractivity contribution is 5.94. The van der Waals surface area contributed by atoms with Crippen molar-refractivity contribution in [2.24, 2.45) is 0 Å². The molecule has 0 amide bonds. The number of carbonyl (C=O) groups excluding carboxylic acids is 2. The summed E-state index contributed by atoms with van der Waals surface area (Å²) in [5.74, 6) is -0.234. The second-order valence-electron chi connectivity index (χ2n) is 10.3. The minimum Gasteiger partial charge on any atom is -0.457 e. The van der Waals surface area contributed by atoms with E-state index < -0.39 is 6.10 Å². The third kappa shape index (κ3) is 4.22. The summed E-state index contributed by atoms with van der Waals surface area (Å²) in [5, 5.41) is 11.0. The Labute approximate surface area is 210 Å². The van der Waals surface area contributed by atoms with Gasteiger partial charge < -0.3 is 24.2 Å². The monoisotopic (exact) mass is 492 g/mol. The lowest BCUT2D eigenvalue weighted by atomic mass is 9.88. The van der Waals surface area contributed by atoms with Crippen molar-refractivity contribution in [3.8, 4) is 0 Å². The topological polar surface area (TPSA) is 88.5 Å². The van der Waals surface area contributed by atoms with E-state index in [0.717, 1.165) is 61.4 Å². The second kappa shape index (κ2) is 9.59. The molecule has 0 aromatic heterocycles. The fraction of sp³-hybridized carbons (Fsp3) is 0.500. The summed E-state index contributed by atoms with van der Waals surface area (Å²) in [5.41, 5.74) is 7.62. The fourth-order valence-corrected chi connectivity index (χ4v) is 6.14. The van der Waals surface area contributed by atoms with Crippen LogP contribution in [0.15, 0.2) is 24.3 Å². The summed E-state index contributed by atoms with van der Waals surface area (Å²) < 4.78 is 16.4. The molecule has 6 rings (SSSR count). The fourth-order valence-electron chi connectivity index (χ4n) is 6.14. The minimum atomic E-state index is -0.605. The molecule has 0 saturated carbocycles. The molecule has 2 atom stereocenters. The molecule has 1 saturated heterocycles. The molecule has 1 unspecified atom stereocenters. The van der Waals surface area contributed by atoms with Crippen LogP contribution in [0.4, 0.5) is 0 Å². The van der Waals surface area contributed by atoms with Crippen LogP contribution in [0.5, 0.6) is 0 Å². The van der Waals surface area contributed by atoms with Gasteiger partial charge >= 0.3 is 11.9 Å². The number of hydrogen-bond acceptors (Lipinski definition) is 8. The van der Waals surface area contributed by atoms with E-state index in [9.17, 15) is 14.7 Å². The Bertz CT molecular complexity index is 1200. The molecule has 8 heteroatoms. The van der Waals surface area contributed by atoms with Crippen LogP contribution in [-0.4, -0.2) is 79.3 Å². The zero-order valence-corrected chi connectivity index (χ0v) is 20.6. The van der Waals surface area contributed by atoms with Crippen LogP contribution < -0.4 is 0 Å². The van der Waals surface area contributed by atoms with Crippen molar-refractivity contribution in [1.29, 1.82) is 0 Å². The Kier molecular flexibility index (Phi) is 6.29. The molecule has 1 N–H and O–H groups in total. The van der Waals surface area contributed by atoms with Gasteiger partial charge in [-0.25, -0.2) is 9.59 Å². The number of benzene rings is 2. The van der Waals surface area contributed by atoms with Gasteiger partial charge in [0.05, 0.1) is 30.4 Å². The van der Waals surface area contributed by atoms with Gasteiger partial charge in [0.25, 0.3) is 0 Å². The molecule has 0 bridgehead atoms. The van der Waals surface area contributed by atoms with Gasteiger partial charge in [-0.15, -0.1) is 0 Å². The number of nitrogens with zero attached hydrogens (tertiary/aromatic N) is 2. The minimum absolute atomic E-state index is 0.218.